The number of fused-ring (bicyclic) bond motifs is 1. The monoisotopic (exact) mass is 363 g/mol. The van der Waals surface area contributed by atoms with E-state index in [1.165, 1.54) is 7.11 Å². The van der Waals surface area contributed by atoms with E-state index < -0.39 is 0 Å². The van der Waals surface area contributed by atoms with Crippen LogP contribution in [0.25, 0.3) is 0 Å². The molecule has 0 spiro atoms. The Morgan fingerprint density at radius 2 is 2.33 bits per heavy atom. The Kier molecular flexibility index (Phi) is 4.10. The largest absolute Gasteiger partial charge is 0.482 e. The lowest BCUT2D eigenvalue weighted by Crippen LogP contribution is -2.28. The van der Waals surface area contributed by atoms with Crippen molar-refractivity contribution in [2.75, 3.05) is 19.0 Å². The van der Waals surface area contributed by atoms with Gasteiger partial charge in [0.15, 0.2) is 5.88 Å². The normalized spacial score (nSPS) is 13.4. The van der Waals surface area contributed by atoms with Crippen molar-refractivity contribution in [3.05, 3.63) is 21.5 Å². The van der Waals surface area contributed by atoms with Crippen LogP contribution in [-0.2, 0) is 13.0 Å². The average molecular weight is 363 g/mol. The van der Waals surface area contributed by atoms with E-state index >= 15 is 0 Å². The van der Waals surface area contributed by atoms with Crippen molar-refractivity contribution in [1.82, 2.24) is 10.3 Å². The second-order valence-corrected chi connectivity index (χ2v) is 4.96. The molecule has 1 aliphatic rings. The van der Waals surface area contributed by atoms with Crippen LogP contribution < -0.4 is 20.8 Å². The maximum atomic E-state index is 12.3. The van der Waals surface area contributed by atoms with E-state index in [4.69, 9.17) is 4.74 Å². The minimum atomic E-state index is -0.209. The number of methoxy groups -OCH3 is 1. The number of aromatic amines is 1. The van der Waals surface area contributed by atoms with Gasteiger partial charge in [0.1, 0.15) is 5.69 Å². The lowest BCUT2D eigenvalue weighted by Gasteiger charge is -2.20. The number of aryl methyl sites for hydroxylation is 1. The van der Waals surface area contributed by atoms with Crippen LogP contribution >= 0.6 is 22.6 Å². The molecule has 2 rings (SSSR count). The van der Waals surface area contributed by atoms with E-state index in [1.54, 1.807) is 22.6 Å². The van der Waals surface area contributed by atoms with Crippen LogP contribution in [0, 0.1) is 0 Å². The third-order valence-corrected chi connectivity index (χ3v) is 3.24. The molecule has 98 valence electrons. The fourth-order valence-electron chi connectivity index (χ4n) is 2.01. The summed E-state index contributed by atoms with van der Waals surface area (Å²) in [7, 11) is 1.50. The highest BCUT2D eigenvalue weighted by molar-refractivity contribution is 14.1. The minimum Gasteiger partial charge on any atom is -0.482 e. The van der Waals surface area contributed by atoms with E-state index in [0.29, 0.717) is 17.1 Å². The molecule has 3 N–H and O–H groups in total. The summed E-state index contributed by atoms with van der Waals surface area (Å²) in [6.45, 7) is 0.954. The molecule has 0 aromatic carbocycles. The first-order chi connectivity index (χ1) is 8.63. The van der Waals surface area contributed by atoms with Gasteiger partial charge in [-0.2, -0.15) is 0 Å². The fourth-order valence-corrected chi connectivity index (χ4v) is 2.20. The molecule has 0 unspecified atom stereocenters. The number of rotatable bonds is 3. The maximum Gasteiger partial charge on any atom is 0.280 e. The van der Waals surface area contributed by atoms with Gasteiger partial charge >= 0.3 is 0 Å². The molecule has 6 nitrogen and oxygen atoms in total. The number of carbonyl (C=O) groups is 1. The SMILES string of the molecule is COc1[nH]c2c(c(=O)c1CNC(=O)I)NCCC2. The Morgan fingerprint density at radius 1 is 1.56 bits per heavy atom. The van der Waals surface area contributed by atoms with Gasteiger partial charge in [0.05, 0.1) is 19.2 Å². The van der Waals surface area contributed by atoms with E-state index in [0.717, 1.165) is 25.1 Å². The van der Waals surface area contributed by atoms with Gasteiger partial charge in [-0.15, -0.1) is 0 Å². The molecule has 7 heteroatoms. The summed E-state index contributed by atoms with van der Waals surface area (Å²) >= 11 is 1.63. The third-order valence-electron chi connectivity index (χ3n) is 2.86. The molecule has 0 saturated heterocycles. The Balaban J connectivity index is 2.43. The summed E-state index contributed by atoms with van der Waals surface area (Å²) < 4.78 is 4.98. The smallest absolute Gasteiger partial charge is 0.280 e. The molecule has 0 atom stereocenters. The number of halogens is 1. The van der Waals surface area contributed by atoms with Crippen molar-refractivity contribution in [2.24, 2.45) is 0 Å². The summed E-state index contributed by atoms with van der Waals surface area (Å²) in [6.07, 6.45) is 1.81. The molecule has 0 radical (unpaired) electrons. The summed E-state index contributed by atoms with van der Waals surface area (Å²) in [5.41, 5.74) is 1.80. The Bertz CT molecular complexity index is 527. The van der Waals surface area contributed by atoms with Gasteiger partial charge < -0.3 is 20.4 Å². The standard InChI is InChI=1S/C11H14IN3O3/c1-18-10-6(5-14-11(12)17)9(16)8-7(15-10)3-2-4-13-8/h13H,2-5H2,1H3,(H,14,17)(H,15,16). The molecular weight excluding hydrogens is 349 g/mol. The molecule has 1 aliphatic heterocycles. The van der Waals surface area contributed by atoms with Crippen molar-refractivity contribution in [1.29, 1.82) is 0 Å². The van der Waals surface area contributed by atoms with E-state index in [1.807, 2.05) is 0 Å². The number of carbonyl (C=O) groups excluding carboxylic acids is 1. The zero-order valence-electron chi connectivity index (χ0n) is 9.93. The van der Waals surface area contributed by atoms with Crippen molar-refractivity contribution < 1.29 is 9.53 Å². The van der Waals surface area contributed by atoms with Crippen LogP contribution in [0.4, 0.5) is 10.5 Å². The zero-order chi connectivity index (χ0) is 13.1. The molecule has 1 amide bonds. The predicted molar refractivity (Wildman–Crippen MR) is 76.7 cm³/mol. The number of H-pyrrole nitrogens is 1. The molecule has 0 saturated carbocycles. The average Bonchev–Trinajstić information content (AvgIpc) is 2.37. The van der Waals surface area contributed by atoms with Gasteiger partial charge in [-0.3, -0.25) is 9.59 Å². The summed E-state index contributed by atoms with van der Waals surface area (Å²) in [4.78, 5) is 26.3. The molecule has 1 aromatic heterocycles. The predicted octanol–water partition coefficient (Wildman–Crippen LogP) is 1.39. The van der Waals surface area contributed by atoms with E-state index in [2.05, 4.69) is 15.6 Å². The first-order valence-electron chi connectivity index (χ1n) is 5.62. The highest BCUT2D eigenvalue weighted by atomic mass is 127. The molecule has 1 aromatic rings. The Labute approximate surface area is 118 Å². The zero-order valence-corrected chi connectivity index (χ0v) is 12.1. The molecule has 2 heterocycles. The van der Waals surface area contributed by atoms with Crippen molar-refractivity contribution in [2.45, 2.75) is 19.4 Å². The van der Waals surface area contributed by atoms with Gasteiger partial charge in [0, 0.05) is 34.8 Å². The number of hydrogen-bond donors (Lipinski definition) is 3. The van der Waals surface area contributed by atoms with Gasteiger partial charge in [-0.25, -0.2) is 0 Å². The number of aromatic nitrogens is 1. The summed E-state index contributed by atoms with van der Waals surface area (Å²) in [6, 6.07) is 0. The van der Waals surface area contributed by atoms with Crippen molar-refractivity contribution in [3.8, 4) is 5.88 Å². The summed E-state index contributed by atoms with van der Waals surface area (Å²) in [5, 5.41) is 5.70. The number of hydrogen-bond acceptors (Lipinski definition) is 4. The fraction of sp³-hybridized carbons (Fsp3) is 0.455. The quantitative estimate of drug-likeness (QED) is 0.431. The van der Waals surface area contributed by atoms with Gasteiger partial charge in [-0.05, 0) is 12.8 Å². The van der Waals surface area contributed by atoms with Gasteiger partial charge in [0.2, 0.25) is 5.43 Å². The number of nitrogens with one attached hydrogen (secondary N) is 3. The molecule has 0 fully saturated rings. The summed E-state index contributed by atoms with van der Waals surface area (Å²) in [5.74, 6) is 0.424. The van der Waals surface area contributed by atoms with Crippen LogP contribution in [0.2, 0.25) is 0 Å². The van der Waals surface area contributed by atoms with E-state index in [9.17, 15) is 9.59 Å². The van der Waals surface area contributed by atoms with Crippen LogP contribution in [0.3, 0.4) is 0 Å². The molecule has 0 bridgehead atoms. The molecule has 18 heavy (non-hydrogen) atoms. The number of amides is 1. The minimum absolute atomic E-state index is 0.106. The number of anilines is 1. The van der Waals surface area contributed by atoms with Crippen molar-refractivity contribution >= 4 is 32.2 Å². The van der Waals surface area contributed by atoms with Gasteiger partial charge in [0.25, 0.3) is 3.91 Å². The third kappa shape index (κ3) is 2.60. The van der Waals surface area contributed by atoms with Crippen LogP contribution in [0.1, 0.15) is 17.7 Å². The highest BCUT2D eigenvalue weighted by Gasteiger charge is 2.19. The van der Waals surface area contributed by atoms with Gasteiger partial charge in [-0.1, -0.05) is 0 Å². The number of ether oxygens (including phenoxy) is 1. The molecule has 0 aliphatic carbocycles. The first-order valence-corrected chi connectivity index (χ1v) is 6.70. The van der Waals surface area contributed by atoms with E-state index in [-0.39, 0.29) is 15.9 Å². The lowest BCUT2D eigenvalue weighted by molar-refractivity contribution is 0.262. The molecular formula is C11H14IN3O3. The van der Waals surface area contributed by atoms with Crippen molar-refractivity contribution in [3.63, 3.8) is 0 Å². The Morgan fingerprint density at radius 3 is 3.00 bits per heavy atom. The second kappa shape index (κ2) is 5.59. The van der Waals surface area contributed by atoms with Crippen LogP contribution in [0.15, 0.2) is 4.79 Å². The van der Waals surface area contributed by atoms with Crippen LogP contribution in [-0.4, -0.2) is 22.6 Å². The lowest BCUT2D eigenvalue weighted by atomic mass is 10.1. The Hall–Kier alpha value is -1.25. The van der Waals surface area contributed by atoms with Crippen LogP contribution in [0.5, 0.6) is 5.88 Å². The number of pyridine rings is 1. The second-order valence-electron chi connectivity index (χ2n) is 3.98. The maximum absolute atomic E-state index is 12.3. The topological polar surface area (TPSA) is 83.2 Å². The highest BCUT2D eigenvalue weighted by Crippen LogP contribution is 2.22. The first kappa shape index (κ1) is 13.2.